The van der Waals surface area contributed by atoms with Gasteiger partial charge in [-0.2, -0.15) is 0 Å². The molecule has 3 rings (SSSR count). The second-order valence-electron chi connectivity index (χ2n) is 7.44. The molecule has 34 heavy (non-hydrogen) atoms. The van der Waals surface area contributed by atoms with Crippen LogP contribution in [0.2, 0.25) is 5.02 Å². The van der Waals surface area contributed by atoms with E-state index in [0.717, 1.165) is 16.8 Å². The van der Waals surface area contributed by atoms with E-state index in [1.54, 1.807) is 12.1 Å². The molecule has 3 aromatic rings. The lowest BCUT2D eigenvalue weighted by Gasteiger charge is -2.12. The van der Waals surface area contributed by atoms with E-state index < -0.39 is 0 Å². The van der Waals surface area contributed by atoms with Crippen LogP contribution in [0.25, 0.3) is 0 Å². The molecule has 2 amide bonds. The summed E-state index contributed by atoms with van der Waals surface area (Å²) < 4.78 is 5.86. The van der Waals surface area contributed by atoms with Gasteiger partial charge >= 0.3 is 0 Å². The Morgan fingerprint density at radius 1 is 0.882 bits per heavy atom. The van der Waals surface area contributed by atoms with Crippen LogP contribution in [-0.4, -0.2) is 43.8 Å². The molecule has 0 fully saturated rings. The van der Waals surface area contributed by atoms with Gasteiger partial charge in [0.05, 0.1) is 12.3 Å². The van der Waals surface area contributed by atoms with Crippen LogP contribution in [0.4, 0.5) is 0 Å². The van der Waals surface area contributed by atoms with Crippen molar-refractivity contribution < 1.29 is 14.3 Å². The van der Waals surface area contributed by atoms with Gasteiger partial charge in [0.15, 0.2) is 0 Å². The normalized spacial score (nSPS) is 11.1. The van der Waals surface area contributed by atoms with E-state index >= 15 is 0 Å². The fourth-order valence-electron chi connectivity index (χ4n) is 3.27. The maximum Gasteiger partial charge on any atom is 0.251 e. The molecule has 7 heteroatoms. The first-order valence-corrected chi connectivity index (χ1v) is 11.6. The lowest BCUT2D eigenvalue weighted by atomic mass is 10.0. The predicted molar refractivity (Wildman–Crippen MR) is 136 cm³/mol. The number of rotatable bonds is 11. The van der Waals surface area contributed by atoms with Crippen LogP contribution in [-0.2, 0) is 4.79 Å². The number of benzene rings is 3. The average Bonchev–Trinajstić information content (AvgIpc) is 2.86. The number of ether oxygens (including phenoxy) is 1. The quantitative estimate of drug-likeness (QED) is 0.315. The molecule has 0 atom stereocenters. The number of aliphatic imine (C=N–C) groups is 1. The Bertz CT molecular complexity index is 1120. The van der Waals surface area contributed by atoms with E-state index in [4.69, 9.17) is 21.3 Å². The van der Waals surface area contributed by atoms with E-state index in [1.807, 2.05) is 73.7 Å². The second kappa shape index (κ2) is 13.2. The first-order chi connectivity index (χ1) is 16.6. The number of amides is 2. The second-order valence-corrected chi connectivity index (χ2v) is 7.88. The Hall–Kier alpha value is -3.64. The summed E-state index contributed by atoms with van der Waals surface area (Å²) in [5.74, 6) is 0.496. The number of halogens is 1. The van der Waals surface area contributed by atoms with E-state index in [9.17, 15) is 9.59 Å². The van der Waals surface area contributed by atoms with Crippen molar-refractivity contribution in [2.24, 2.45) is 4.99 Å². The van der Waals surface area contributed by atoms with Crippen LogP contribution >= 0.6 is 11.6 Å². The van der Waals surface area contributed by atoms with E-state index in [1.165, 1.54) is 0 Å². The molecule has 3 aromatic carbocycles. The predicted octanol–water partition coefficient (Wildman–Crippen LogP) is 4.51. The van der Waals surface area contributed by atoms with Gasteiger partial charge in [-0.3, -0.25) is 14.6 Å². The van der Waals surface area contributed by atoms with Gasteiger partial charge in [0.25, 0.3) is 5.91 Å². The van der Waals surface area contributed by atoms with Gasteiger partial charge in [-0.1, -0.05) is 54.1 Å². The molecule has 0 heterocycles. The summed E-state index contributed by atoms with van der Waals surface area (Å²) in [6.07, 6.45) is 0.308. The largest absolute Gasteiger partial charge is 0.492 e. The molecule has 0 saturated carbocycles. The summed E-state index contributed by atoms with van der Waals surface area (Å²) in [6, 6.07) is 24.1. The van der Waals surface area contributed by atoms with Crippen LogP contribution < -0.4 is 15.4 Å². The highest BCUT2D eigenvalue weighted by atomic mass is 35.5. The third kappa shape index (κ3) is 7.74. The fraction of sp³-hybridized carbons (Fsp3) is 0.222. The van der Waals surface area contributed by atoms with Crippen LogP contribution in [0.5, 0.6) is 5.75 Å². The Morgan fingerprint density at radius 2 is 1.62 bits per heavy atom. The molecule has 0 bridgehead atoms. The van der Waals surface area contributed by atoms with Crippen LogP contribution in [0.15, 0.2) is 83.9 Å². The molecule has 2 N–H and O–H groups in total. The van der Waals surface area contributed by atoms with E-state index in [2.05, 4.69) is 10.6 Å². The molecule has 0 saturated heterocycles. The molecule has 0 spiro atoms. The number of nitrogens with one attached hydrogen (secondary N) is 2. The molecule has 0 aliphatic heterocycles. The van der Waals surface area contributed by atoms with E-state index in [-0.39, 0.29) is 11.8 Å². The number of carbonyl (C=O) groups excluding carboxylic acids is 2. The lowest BCUT2D eigenvalue weighted by molar-refractivity contribution is -0.120. The first-order valence-electron chi connectivity index (χ1n) is 11.2. The molecule has 0 unspecified atom stereocenters. The first kappa shape index (κ1) is 25.0. The summed E-state index contributed by atoms with van der Waals surface area (Å²) in [7, 11) is 0. The molecule has 6 nitrogen and oxygen atoms in total. The number of hydrogen-bond acceptors (Lipinski definition) is 4. The van der Waals surface area contributed by atoms with Crippen molar-refractivity contribution in [1.29, 1.82) is 0 Å². The van der Waals surface area contributed by atoms with Crippen molar-refractivity contribution in [3.05, 3.63) is 101 Å². The summed E-state index contributed by atoms with van der Waals surface area (Å²) in [4.78, 5) is 28.7. The highest BCUT2D eigenvalue weighted by molar-refractivity contribution is 6.30. The van der Waals surface area contributed by atoms with Crippen LogP contribution in [0.3, 0.4) is 0 Å². The van der Waals surface area contributed by atoms with Crippen molar-refractivity contribution in [2.45, 2.75) is 13.3 Å². The van der Waals surface area contributed by atoms with Crippen molar-refractivity contribution in [2.75, 3.05) is 26.2 Å². The molecule has 0 aromatic heterocycles. The van der Waals surface area contributed by atoms with Crippen LogP contribution in [0, 0.1) is 0 Å². The number of nitrogens with zero attached hydrogens (tertiary/aromatic N) is 1. The Labute approximate surface area is 205 Å². The third-order valence-electron chi connectivity index (χ3n) is 4.90. The maximum atomic E-state index is 12.1. The van der Waals surface area contributed by atoms with Crippen molar-refractivity contribution in [1.82, 2.24) is 10.6 Å². The average molecular weight is 478 g/mol. The minimum atomic E-state index is -0.137. The van der Waals surface area contributed by atoms with Crippen molar-refractivity contribution >= 4 is 29.1 Å². The molecular formula is C27H28ClN3O3. The minimum absolute atomic E-state index is 0.0312. The van der Waals surface area contributed by atoms with Crippen molar-refractivity contribution in [3.8, 4) is 5.75 Å². The lowest BCUT2D eigenvalue weighted by Crippen LogP contribution is -2.28. The molecule has 0 aliphatic rings. The third-order valence-corrected chi connectivity index (χ3v) is 5.15. The molecule has 176 valence electrons. The Kier molecular flexibility index (Phi) is 9.67. The highest BCUT2D eigenvalue weighted by Crippen LogP contribution is 2.19. The minimum Gasteiger partial charge on any atom is -0.492 e. The van der Waals surface area contributed by atoms with Crippen molar-refractivity contribution in [3.63, 3.8) is 0 Å². The standard InChI is InChI=1S/C27H28ClN3O3/c1-2-29-25(32)15-16-30-26(20-11-13-23(28)14-12-20)22-9-6-10-24(19-22)34-18-17-31-27(33)21-7-4-3-5-8-21/h3-14,19H,2,15-18H2,1H3,(H,29,32)(H,31,33)/b30-26-. The van der Waals surface area contributed by atoms with Gasteiger partial charge in [0.1, 0.15) is 12.4 Å². The number of carbonyl (C=O) groups is 2. The topological polar surface area (TPSA) is 79.8 Å². The zero-order chi connectivity index (χ0) is 24.2. The molecular weight excluding hydrogens is 450 g/mol. The van der Waals surface area contributed by atoms with Gasteiger partial charge in [0, 0.05) is 41.2 Å². The highest BCUT2D eigenvalue weighted by Gasteiger charge is 2.10. The van der Waals surface area contributed by atoms with Gasteiger partial charge in [-0.05, 0) is 43.3 Å². The molecule has 0 radical (unpaired) electrons. The summed E-state index contributed by atoms with van der Waals surface area (Å²) in [5, 5.41) is 6.27. The van der Waals surface area contributed by atoms with Crippen LogP contribution in [0.1, 0.15) is 34.8 Å². The van der Waals surface area contributed by atoms with Gasteiger partial charge < -0.3 is 15.4 Å². The molecule has 0 aliphatic carbocycles. The van der Waals surface area contributed by atoms with Gasteiger partial charge in [-0.15, -0.1) is 0 Å². The zero-order valence-corrected chi connectivity index (χ0v) is 19.8. The van der Waals surface area contributed by atoms with Gasteiger partial charge in [-0.25, -0.2) is 0 Å². The summed E-state index contributed by atoms with van der Waals surface area (Å²) in [5.41, 5.74) is 3.13. The Balaban J connectivity index is 1.66. The Morgan fingerprint density at radius 3 is 2.35 bits per heavy atom. The maximum absolute atomic E-state index is 12.1. The zero-order valence-electron chi connectivity index (χ0n) is 19.1. The monoisotopic (exact) mass is 477 g/mol. The summed E-state index contributed by atoms with van der Waals surface area (Å²) in [6.45, 7) is 3.55. The number of hydrogen-bond donors (Lipinski definition) is 2. The SMILES string of the molecule is CCNC(=O)CC/N=C(/c1ccc(Cl)cc1)c1cccc(OCCNC(=O)c2ccccc2)c1. The van der Waals surface area contributed by atoms with Gasteiger partial charge in [0.2, 0.25) is 5.91 Å². The van der Waals surface area contributed by atoms with E-state index in [0.29, 0.717) is 49.0 Å². The fourth-order valence-corrected chi connectivity index (χ4v) is 3.40. The summed E-state index contributed by atoms with van der Waals surface area (Å²) >= 11 is 6.06. The smallest absolute Gasteiger partial charge is 0.251 e.